The van der Waals surface area contributed by atoms with E-state index in [0.717, 1.165) is 16.8 Å². The number of rotatable bonds is 5. The SMILES string of the molecule is Cc1ccc([C@H]2CC(c3cc(C)ccc3C)=NN2C(=O)CN2CCN(c3ccccc3F)CC2)cc1. The summed E-state index contributed by atoms with van der Waals surface area (Å²) in [6.07, 6.45) is 0.695. The lowest BCUT2D eigenvalue weighted by Gasteiger charge is -2.36. The summed E-state index contributed by atoms with van der Waals surface area (Å²) in [5.74, 6) is -0.200. The van der Waals surface area contributed by atoms with Crippen molar-refractivity contribution < 1.29 is 9.18 Å². The van der Waals surface area contributed by atoms with E-state index < -0.39 is 0 Å². The Kier molecular flexibility index (Phi) is 6.88. The molecule has 2 aliphatic heterocycles. The molecule has 0 N–H and O–H groups in total. The van der Waals surface area contributed by atoms with Crippen LogP contribution in [0.5, 0.6) is 0 Å². The molecule has 3 aromatic carbocycles. The van der Waals surface area contributed by atoms with E-state index in [1.807, 2.05) is 12.1 Å². The molecule has 0 aliphatic carbocycles. The number of aryl methyl sites for hydroxylation is 3. The van der Waals surface area contributed by atoms with E-state index in [-0.39, 0.29) is 17.8 Å². The highest BCUT2D eigenvalue weighted by Gasteiger charge is 2.34. The summed E-state index contributed by atoms with van der Waals surface area (Å²) in [4.78, 5) is 17.8. The molecular weight excluding hydrogens is 451 g/mol. The summed E-state index contributed by atoms with van der Waals surface area (Å²) >= 11 is 0. The number of carbonyl (C=O) groups excluding carboxylic acids is 1. The first-order valence-electron chi connectivity index (χ1n) is 12.6. The van der Waals surface area contributed by atoms with Crippen LogP contribution in [-0.4, -0.2) is 54.3 Å². The van der Waals surface area contributed by atoms with Gasteiger partial charge in [0.25, 0.3) is 5.91 Å². The van der Waals surface area contributed by atoms with E-state index in [2.05, 4.69) is 73.0 Å². The molecular formula is C30H33FN4O. The number of benzene rings is 3. The fourth-order valence-corrected chi connectivity index (χ4v) is 5.12. The van der Waals surface area contributed by atoms with Gasteiger partial charge in [0.1, 0.15) is 5.82 Å². The fraction of sp³-hybridized carbons (Fsp3) is 0.333. The van der Waals surface area contributed by atoms with Crippen molar-refractivity contribution in [2.24, 2.45) is 5.10 Å². The Balaban J connectivity index is 1.33. The van der Waals surface area contributed by atoms with Gasteiger partial charge in [0.05, 0.1) is 24.0 Å². The zero-order valence-electron chi connectivity index (χ0n) is 21.2. The number of para-hydroxylation sites is 1. The molecule has 0 radical (unpaired) electrons. The van der Waals surface area contributed by atoms with Gasteiger partial charge in [-0.2, -0.15) is 5.10 Å². The molecule has 1 atom stereocenters. The molecule has 0 saturated carbocycles. The van der Waals surface area contributed by atoms with Crippen molar-refractivity contribution in [1.29, 1.82) is 0 Å². The number of halogens is 1. The lowest BCUT2D eigenvalue weighted by atomic mass is 9.94. The van der Waals surface area contributed by atoms with Gasteiger partial charge in [-0.1, -0.05) is 59.7 Å². The molecule has 0 aromatic heterocycles. The Morgan fingerprint density at radius 3 is 2.33 bits per heavy atom. The Labute approximate surface area is 212 Å². The van der Waals surface area contributed by atoms with E-state index in [1.54, 1.807) is 11.1 Å². The molecule has 0 spiro atoms. The maximum Gasteiger partial charge on any atom is 0.257 e. The number of nitrogens with zero attached hydrogens (tertiary/aromatic N) is 4. The third-order valence-corrected chi connectivity index (χ3v) is 7.26. The molecule has 0 bridgehead atoms. The highest BCUT2D eigenvalue weighted by Crippen LogP contribution is 2.34. The Hall–Kier alpha value is -3.51. The van der Waals surface area contributed by atoms with Crippen molar-refractivity contribution in [3.05, 3.63) is 100 Å². The van der Waals surface area contributed by atoms with Gasteiger partial charge in [0.15, 0.2) is 0 Å². The van der Waals surface area contributed by atoms with Gasteiger partial charge in [-0.3, -0.25) is 9.69 Å². The monoisotopic (exact) mass is 484 g/mol. The Morgan fingerprint density at radius 1 is 0.917 bits per heavy atom. The van der Waals surface area contributed by atoms with Gasteiger partial charge >= 0.3 is 0 Å². The molecule has 186 valence electrons. The summed E-state index contributed by atoms with van der Waals surface area (Å²) in [6.45, 7) is 9.33. The number of carbonyl (C=O) groups is 1. The first-order chi connectivity index (χ1) is 17.4. The van der Waals surface area contributed by atoms with Crippen LogP contribution in [0.15, 0.2) is 71.8 Å². The quantitative estimate of drug-likeness (QED) is 0.497. The van der Waals surface area contributed by atoms with E-state index in [9.17, 15) is 9.18 Å². The van der Waals surface area contributed by atoms with Crippen molar-refractivity contribution >= 4 is 17.3 Å². The van der Waals surface area contributed by atoms with Crippen molar-refractivity contribution in [3.63, 3.8) is 0 Å². The second-order valence-corrected chi connectivity index (χ2v) is 9.95. The molecule has 2 aliphatic rings. The number of anilines is 1. The lowest BCUT2D eigenvalue weighted by Crippen LogP contribution is -2.49. The summed E-state index contributed by atoms with van der Waals surface area (Å²) in [7, 11) is 0. The van der Waals surface area contributed by atoms with Crippen LogP contribution in [0.25, 0.3) is 0 Å². The van der Waals surface area contributed by atoms with Crippen LogP contribution in [0, 0.1) is 26.6 Å². The van der Waals surface area contributed by atoms with Crippen molar-refractivity contribution in [1.82, 2.24) is 9.91 Å². The molecule has 1 fully saturated rings. The Morgan fingerprint density at radius 2 is 1.61 bits per heavy atom. The van der Waals surface area contributed by atoms with Crippen LogP contribution >= 0.6 is 0 Å². The third-order valence-electron chi connectivity index (χ3n) is 7.26. The molecule has 2 heterocycles. The minimum atomic E-state index is -0.201. The summed E-state index contributed by atoms with van der Waals surface area (Å²) in [5, 5.41) is 6.59. The number of hydrogen-bond acceptors (Lipinski definition) is 4. The predicted molar refractivity (Wildman–Crippen MR) is 143 cm³/mol. The van der Waals surface area contributed by atoms with Crippen LogP contribution in [-0.2, 0) is 4.79 Å². The zero-order valence-corrected chi connectivity index (χ0v) is 21.2. The molecule has 1 saturated heterocycles. The topological polar surface area (TPSA) is 39.2 Å². The van der Waals surface area contributed by atoms with Crippen molar-refractivity contribution in [2.45, 2.75) is 33.2 Å². The zero-order chi connectivity index (χ0) is 25.2. The first kappa shape index (κ1) is 24.2. The second kappa shape index (κ2) is 10.2. The smallest absolute Gasteiger partial charge is 0.257 e. The van der Waals surface area contributed by atoms with Crippen molar-refractivity contribution in [2.75, 3.05) is 37.6 Å². The van der Waals surface area contributed by atoms with E-state index >= 15 is 0 Å². The molecule has 5 rings (SSSR count). The first-order valence-corrected chi connectivity index (χ1v) is 12.6. The van der Waals surface area contributed by atoms with Crippen LogP contribution in [0.3, 0.4) is 0 Å². The van der Waals surface area contributed by atoms with Gasteiger partial charge < -0.3 is 4.90 Å². The summed E-state index contributed by atoms with van der Waals surface area (Å²) in [5.41, 5.74) is 7.34. The van der Waals surface area contributed by atoms with Crippen LogP contribution < -0.4 is 4.90 Å². The third kappa shape index (κ3) is 5.05. The minimum absolute atomic E-state index is 0.000206. The van der Waals surface area contributed by atoms with Crippen molar-refractivity contribution in [3.8, 4) is 0 Å². The largest absolute Gasteiger partial charge is 0.367 e. The summed E-state index contributed by atoms with van der Waals surface area (Å²) in [6, 6.07) is 21.5. The van der Waals surface area contributed by atoms with Gasteiger partial charge in [-0.15, -0.1) is 0 Å². The number of hydrogen-bond donors (Lipinski definition) is 0. The summed E-state index contributed by atoms with van der Waals surface area (Å²) < 4.78 is 14.2. The van der Waals surface area contributed by atoms with Gasteiger partial charge in [-0.05, 0) is 50.1 Å². The lowest BCUT2D eigenvalue weighted by molar-refractivity contribution is -0.134. The molecule has 1 amide bonds. The molecule has 36 heavy (non-hydrogen) atoms. The van der Waals surface area contributed by atoms with Crippen LogP contribution in [0.2, 0.25) is 0 Å². The van der Waals surface area contributed by atoms with E-state index in [0.29, 0.717) is 44.8 Å². The fourth-order valence-electron chi connectivity index (χ4n) is 5.12. The van der Waals surface area contributed by atoms with E-state index in [1.165, 1.54) is 22.8 Å². The molecule has 0 unspecified atom stereocenters. The second-order valence-electron chi connectivity index (χ2n) is 9.95. The van der Waals surface area contributed by atoms with Gasteiger partial charge in [0.2, 0.25) is 0 Å². The standard InChI is InChI=1S/C30H33FN4O/c1-21-9-12-24(13-10-21)29-19-27(25-18-22(2)8-11-23(25)3)32-35(29)30(36)20-33-14-16-34(17-15-33)28-7-5-4-6-26(28)31/h4-13,18,29H,14-17,19-20H2,1-3H3/t29-/m1/s1. The molecule has 5 nitrogen and oxygen atoms in total. The van der Waals surface area contributed by atoms with Gasteiger partial charge in [0, 0.05) is 38.2 Å². The Bertz CT molecular complexity index is 1280. The van der Waals surface area contributed by atoms with Crippen LogP contribution in [0.1, 0.15) is 40.3 Å². The maximum atomic E-state index is 14.2. The van der Waals surface area contributed by atoms with E-state index in [4.69, 9.17) is 5.10 Å². The predicted octanol–water partition coefficient (Wildman–Crippen LogP) is 5.25. The average molecular weight is 485 g/mol. The minimum Gasteiger partial charge on any atom is -0.367 e. The van der Waals surface area contributed by atoms with Gasteiger partial charge in [-0.25, -0.2) is 9.40 Å². The maximum absolute atomic E-state index is 14.2. The normalized spacial score (nSPS) is 18.4. The average Bonchev–Trinajstić information content (AvgIpc) is 3.32. The number of hydrazone groups is 1. The molecule has 6 heteroatoms. The number of amides is 1. The molecule has 3 aromatic rings. The van der Waals surface area contributed by atoms with Crippen LogP contribution in [0.4, 0.5) is 10.1 Å². The number of piperazine rings is 1. The highest BCUT2D eigenvalue weighted by molar-refractivity contribution is 6.04. The highest BCUT2D eigenvalue weighted by atomic mass is 19.1.